The van der Waals surface area contributed by atoms with Gasteiger partial charge in [0, 0.05) is 0 Å². The zero-order valence-corrected chi connectivity index (χ0v) is 12.1. The molecular formula is C18H23NO. The summed E-state index contributed by atoms with van der Waals surface area (Å²) in [4.78, 5) is 15.2. The molecule has 1 aromatic carbocycles. The highest BCUT2D eigenvalue weighted by Crippen LogP contribution is 2.46. The second kappa shape index (κ2) is 5.93. The lowest BCUT2D eigenvalue weighted by Gasteiger charge is -2.31. The van der Waals surface area contributed by atoms with Gasteiger partial charge in [0.25, 0.3) is 0 Å². The standard InChI is InChI=1S/C18H23NO/c20-14-19-18(12-6-7-13-18)17-11-5-4-10-16(17)15-8-2-1-3-9-15/h4-5,10-11,15H,1-3,6-9,12-13H2. The molecule has 0 atom stereocenters. The molecule has 0 heterocycles. The number of nitrogens with zero attached hydrogens (tertiary/aromatic N) is 1. The summed E-state index contributed by atoms with van der Waals surface area (Å²) in [5, 5.41) is 0. The molecule has 0 aromatic heterocycles. The van der Waals surface area contributed by atoms with E-state index < -0.39 is 0 Å². The molecular weight excluding hydrogens is 246 g/mol. The first-order valence-corrected chi connectivity index (χ1v) is 8.04. The topological polar surface area (TPSA) is 29.4 Å². The van der Waals surface area contributed by atoms with Gasteiger partial charge in [-0.2, -0.15) is 4.99 Å². The Morgan fingerprint density at radius 3 is 2.40 bits per heavy atom. The molecule has 2 saturated carbocycles. The SMILES string of the molecule is O=C=NC1(c2ccccc2C2CCCCC2)CCCC1. The van der Waals surface area contributed by atoms with Crippen LogP contribution in [0.15, 0.2) is 29.3 Å². The maximum atomic E-state index is 10.9. The lowest BCUT2D eigenvalue weighted by molar-refractivity contribution is 0.416. The highest BCUT2D eigenvalue weighted by Gasteiger charge is 2.38. The van der Waals surface area contributed by atoms with E-state index in [-0.39, 0.29) is 5.54 Å². The second-order valence-corrected chi connectivity index (χ2v) is 6.36. The van der Waals surface area contributed by atoms with Gasteiger partial charge in [0.15, 0.2) is 0 Å². The van der Waals surface area contributed by atoms with Crippen molar-refractivity contribution in [1.29, 1.82) is 0 Å². The van der Waals surface area contributed by atoms with Crippen LogP contribution in [0.25, 0.3) is 0 Å². The van der Waals surface area contributed by atoms with Crippen LogP contribution in [0.1, 0.15) is 74.8 Å². The maximum absolute atomic E-state index is 10.9. The van der Waals surface area contributed by atoms with Crippen molar-refractivity contribution >= 4 is 6.08 Å². The van der Waals surface area contributed by atoms with E-state index >= 15 is 0 Å². The second-order valence-electron chi connectivity index (χ2n) is 6.36. The molecule has 2 aliphatic carbocycles. The summed E-state index contributed by atoms with van der Waals surface area (Å²) in [7, 11) is 0. The van der Waals surface area contributed by atoms with Gasteiger partial charge in [0.05, 0.1) is 5.54 Å². The van der Waals surface area contributed by atoms with Crippen molar-refractivity contribution in [2.75, 3.05) is 0 Å². The Bertz CT molecular complexity index is 504. The number of hydrogen-bond acceptors (Lipinski definition) is 2. The first-order valence-electron chi connectivity index (χ1n) is 8.04. The predicted molar refractivity (Wildman–Crippen MR) is 80.5 cm³/mol. The van der Waals surface area contributed by atoms with Gasteiger partial charge in [-0.1, -0.05) is 56.4 Å². The molecule has 0 aliphatic heterocycles. The summed E-state index contributed by atoms with van der Waals surface area (Å²) < 4.78 is 0. The molecule has 0 saturated heterocycles. The van der Waals surface area contributed by atoms with Crippen molar-refractivity contribution in [3.05, 3.63) is 35.4 Å². The van der Waals surface area contributed by atoms with Crippen molar-refractivity contribution < 1.29 is 4.79 Å². The lowest BCUT2D eigenvalue weighted by Crippen LogP contribution is -2.22. The molecule has 106 valence electrons. The van der Waals surface area contributed by atoms with E-state index in [1.54, 1.807) is 0 Å². The minimum atomic E-state index is -0.268. The minimum Gasteiger partial charge on any atom is -0.211 e. The third kappa shape index (κ3) is 2.45. The quantitative estimate of drug-likeness (QED) is 0.570. The zero-order chi connectivity index (χ0) is 13.8. The fourth-order valence-corrected chi connectivity index (χ4v) is 4.18. The van der Waals surface area contributed by atoms with Crippen LogP contribution in [-0.2, 0) is 10.3 Å². The Morgan fingerprint density at radius 1 is 1.00 bits per heavy atom. The molecule has 2 fully saturated rings. The normalized spacial score (nSPS) is 22.4. The van der Waals surface area contributed by atoms with Gasteiger partial charge in [-0.3, -0.25) is 0 Å². The Kier molecular flexibility index (Phi) is 4.03. The van der Waals surface area contributed by atoms with E-state index in [2.05, 4.69) is 29.3 Å². The monoisotopic (exact) mass is 269 g/mol. The Balaban J connectivity index is 2.01. The van der Waals surface area contributed by atoms with Gasteiger partial charge in [-0.25, -0.2) is 4.79 Å². The zero-order valence-electron chi connectivity index (χ0n) is 12.1. The summed E-state index contributed by atoms with van der Waals surface area (Å²) in [5.74, 6) is 0.666. The van der Waals surface area contributed by atoms with Gasteiger partial charge in [0.2, 0.25) is 6.08 Å². The first-order chi connectivity index (χ1) is 9.86. The van der Waals surface area contributed by atoms with Crippen LogP contribution in [0.5, 0.6) is 0 Å². The van der Waals surface area contributed by atoms with Crippen LogP contribution in [0.4, 0.5) is 0 Å². The van der Waals surface area contributed by atoms with Crippen LogP contribution < -0.4 is 0 Å². The number of hydrogen-bond donors (Lipinski definition) is 0. The van der Waals surface area contributed by atoms with Crippen LogP contribution >= 0.6 is 0 Å². The van der Waals surface area contributed by atoms with E-state index in [1.807, 2.05) is 6.08 Å². The molecule has 2 nitrogen and oxygen atoms in total. The molecule has 0 bridgehead atoms. The Labute approximate surface area is 121 Å². The van der Waals surface area contributed by atoms with Crippen molar-refractivity contribution in [1.82, 2.24) is 0 Å². The number of isocyanates is 1. The fourth-order valence-electron chi connectivity index (χ4n) is 4.18. The van der Waals surface area contributed by atoms with Crippen LogP contribution in [0, 0.1) is 0 Å². The number of aliphatic imine (C=N–C) groups is 1. The number of benzene rings is 1. The largest absolute Gasteiger partial charge is 0.235 e. The van der Waals surface area contributed by atoms with E-state index in [0.717, 1.165) is 12.8 Å². The van der Waals surface area contributed by atoms with Crippen LogP contribution in [0.3, 0.4) is 0 Å². The molecule has 0 spiro atoms. The molecule has 2 heteroatoms. The third-order valence-electron chi connectivity index (χ3n) is 5.20. The van der Waals surface area contributed by atoms with Crippen molar-refractivity contribution in [3.8, 4) is 0 Å². The average molecular weight is 269 g/mol. The van der Waals surface area contributed by atoms with Crippen LogP contribution in [0.2, 0.25) is 0 Å². The Hall–Kier alpha value is -1.40. The lowest BCUT2D eigenvalue weighted by atomic mass is 9.76. The summed E-state index contributed by atoms with van der Waals surface area (Å²) in [6, 6.07) is 8.71. The number of carbonyl (C=O) groups excluding carboxylic acids is 1. The molecule has 0 amide bonds. The maximum Gasteiger partial charge on any atom is 0.235 e. The number of rotatable bonds is 3. The molecule has 2 aliphatic rings. The molecule has 1 aromatic rings. The van der Waals surface area contributed by atoms with Crippen LogP contribution in [-0.4, -0.2) is 6.08 Å². The minimum absolute atomic E-state index is 0.268. The predicted octanol–water partition coefficient (Wildman–Crippen LogP) is 4.84. The molecule has 0 N–H and O–H groups in total. The molecule has 0 radical (unpaired) electrons. The molecule has 20 heavy (non-hydrogen) atoms. The van der Waals surface area contributed by atoms with Gasteiger partial charge >= 0.3 is 0 Å². The summed E-state index contributed by atoms with van der Waals surface area (Å²) in [6.45, 7) is 0. The molecule has 0 unspecified atom stereocenters. The smallest absolute Gasteiger partial charge is 0.211 e. The first kappa shape index (κ1) is 13.6. The van der Waals surface area contributed by atoms with Crippen molar-refractivity contribution in [3.63, 3.8) is 0 Å². The van der Waals surface area contributed by atoms with E-state index in [9.17, 15) is 4.79 Å². The van der Waals surface area contributed by atoms with Crippen molar-refractivity contribution in [2.45, 2.75) is 69.2 Å². The summed E-state index contributed by atoms with van der Waals surface area (Å²) in [6.07, 6.45) is 12.8. The van der Waals surface area contributed by atoms with Gasteiger partial charge < -0.3 is 0 Å². The van der Waals surface area contributed by atoms with E-state index in [1.165, 1.54) is 56.1 Å². The van der Waals surface area contributed by atoms with Crippen molar-refractivity contribution in [2.24, 2.45) is 4.99 Å². The van der Waals surface area contributed by atoms with Gasteiger partial charge in [-0.05, 0) is 42.7 Å². The molecule has 3 rings (SSSR count). The summed E-state index contributed by atoms with van der Waals surface area (Å²) >= 11 is 0. The highest BCUT2D eigenvalue weighted by molar-refractivity contribution is 5.43. The highest BCUT2D eigenvalue weighted by atomic mass is 16.1. The van der Waals surface area contributed by atoms with Gasteiger partial charge in [-0.15, -0.1) is 0 Å². The summed E-state index contributed by atoms with van der Waals surface area (Å²) in [5.41, 5.74) is 2.50. The van der Waals surface area contributed by atoms with E-state index in [0.29, 0.717) is 5.92 Å². The fraction of sp³-hybridized carbons (Fsp3) is 0.611. The third-order valence-corrected chi connectivity index (χ3v) is 5.20. The Morgan fingerprint density at radius 2 is 1.70 bits per heavy atom. The van der Waals surface area contributed by atoms with E-state index in [4.69, 9.17) is 0 Å². The van der Waals surface area contributed by atoms with Gasteiger partial charge in [0.1, 0.15) is 0 Å². The average Bonchev–Trinajstić information content (AvgIpc) is 2.98.